The van der Waals surface area contributed by atoms with Crippen LogP contribution >= 0.6 is 7.26 Å². The Kier molecular flexibility index (Phi) is 8.34. The van der Waals surface area contributed by atoms with Crippen LogP contribution in [-0.4, -0.2) is 14.0 Å². The maximum atomic E-state index is 13.8. The van der Waals surface area contributed by atoms with E-state index in [2.05, 4.69) is 72.8 Å². The molecule has 3 heterocycles. The summed E-state index contributed by atoms with van der Waals surface area (Å²) in [6.45, 7) is 2.53. The molecule has 6 rings (SSSR count). The Morgan fingerprint density at radius 2 is 1.21 bits per heavy atom. The lowest BCUT2D eigenvalue weighted by Gasteiger charge is -2.28. The predicted molar refractivity (Wildman–Crippen MR) is 153 cm³/mol. The van der Waals surface area contributed by atoms with Gasteiger partial charge in [0.25, 0.3) is 5.56 Å². The minimum Gasteiger partial charge on any atom is -0.308 e. The smallest absolute Gasteiger partial charge is 0.267 e. The standard InChI is InChI=1S/C31H26N4OP.ClHO4/c1-2-34-29(32)27(22-26-30(34)33-28-20-12-13-21-35(28)31(26)36)37(23-14-6-3-7-15-23,24-16-8-4-9-17-24)25-18-10-5-11-19-25;2-1(3,4)5/h3-22,32H,2H2,1H3;(H,2,3,4,5)/q+1;/p-1. The maximum Gasteiger partial charge on any atom is 0.267 e. The average molecular weight is 601 g/mol. The average Bonchev–Trinajstić information content (AvgIpc) is 2.99. The van der Waals surface area contributed by atoms with Gasteiger partial charge in [0.2, 0.25) is 0 Å². The van der Waals surface area contributed by atoms with Crippen LogP contribution in [0.15, 0.2) is 126 Å². The molecule has 3 aromatic carbocycles. The van der Waals surface area contributed by atoms with Gasteiger partial charge in [0.05, 0.1) is 5.39 Å². The Hall–Kier alpha value is -4.21. The molecule has 0 saturated heterocycles. The molecule has 0 unspecified atom stereocenters. The lowest BCUT2D eigenvalue weighted by atomic mass is 10.3. The van der Waals surface area contributed by atoms with Crippen LogP contribution in [0.1, 0.15) is 6.92 Å². The first-order chi connectivity index (χ1) is 20.2. The summed E-state index contributed by atoms with van der Waals surface area (Å²) < 4.78 is 37.4. The van der Waals surface area contributed by atoms with Gasteiger partial charge in [-0.1, -0.05) is 60.7 Å². The molecule has 0 atom stereocenters. The summed E-state index contributed by atoms with van der Waals surface area (Å²) in [5, 5.41) is 14.3. The van der Waals surface area contributed by atoms with Gasteiger partial charge in [-0.05, 0) is 55.5 Å². The van der Waals surface area contributed by atoms with Crippen LogP contribution in [0.4, 0.5) is 0 Å². The van der Waals surface area contributed by atoms with E-state index in [-0.39, 0.29) is 5.56 Å². The number of halogens is 1. The number of fused-ring (bicyclic) bond motifs is 2. The van der Waals surface area contributed by atoms with Crippen molar-refractivity contribution in [1.29, 1.82) is 5.41 Å². The second-order valence-electron chi connectivity index (χ2n) is 9.26. The molecule has 0 fully saturated rings. The second-order valence-corrected chi connectivity index (χ2v) is 13.4. The summed E-state index contributed by atoms with van der Waals surface area (Å²) in [6.07, 6.45) is 1.75. The van der Waals surface area contributed by atoms with Gasteiger partial charge in [-0.15, -0.1) is 10.2 Å². The molecule has 11 heteroatoms. The normalized spacial score (nSPS) is 11.7. The number of hydrogen-bond acceptors (Lipinski definition) is 7. The third kappa shape index (κ3) is 5.49. The van der Waals surface area contributed by atoms with Gasteiger partial charge < -0.3 is 4.57 Å². The molecule has 0 saturated carbocycles. The van der Waals surface area contributed by atoms with Crippen LogP contribution in [0.5, 0.6) is 0 Å². The molecule has 3 aromatic heterocycles. The Bertz CT molecular complexity index is 1860. The molecule has 0 aliphatic heterocycles. The van der Waals surface area contributed by atoms with Gasteiger partial charge >= 0.3 is 0 Å². The Balaban J connectivity index is 0.000000652. The number of aryl methyl sites for hydroxylation is 1. The predicted octanol–water partition coefficient (Wildman–Crippen LogP) is -0.988. The number of hydrogen-bond donors (Lipinski definition) is 1. The minimum atomic E-state index is -4.94. The van der Waals surface area contributed by atoms with Crippen LogP contribution < -0.4 is 50.9 Å². The molecule has 0 aliphatic rings. The van der Waals surface area contributed by atoms with Crippen LogP contribution in [0, 0.1) is 15.7 Å². The fourth-order valence-electron chi connectivity index (χ4n) is 5.26. The van der Waals surface area contributed by atoms with E-state index in [1.54, 1.807) is 10.6 Å². The van der Waals surface area contributed by atoms with Crippen LogP contribution in [-0.2, 0) is 6.54 Å². The highest BCUT2D eigenvalue weighted by atomic mass is 35.7. The van der Waals surface area contributed by atoms with Crippen molar-refractivity contribution in [3.05, 3.63) is 137 Å². The third-order valence-corrected chi connectivity index (χ3v) is 11.2. The number of nitrogens with zero attached hydrogens (tertiary/aromatic N) is 3. The first kappa shape index (κ1) is 29.3. The fraction of sp³-hybridized carbons (Fsp3) is 0.0645. The van der Waals surface area contributed by atoms with Crippen molar-refractivity contribution in [3.63, 3.8) is 0 Å². The SMILES string of the molecule is CCn1c(=N)c([P+](c2ccccc2)(c2ccccc2)c2ccccc2)cc2c(=O)n3ccccc3nc21.[O-][Cl+3]([O-])([O-])[O-]. The van der Waals surface area contributed by atoms with E-state index in [9.17, 15) is 10.2 Å². The number of aromatic nitrogens is 3. The fourth-order valence-corrected chi connectivity index (χ4v) is 9.60. The summed E-state index contributed by atoms with van der Waals surface area (Å²) in [4.78, 5) is 18.6. The van der Waals surface area contributed by atoms with Crippen LogP contribution in [0.25, 0.3) is 16.7 Å². The van der Waals surface area contributed by atoms with Gasteiger partial charge in [-0.3, -0.25) is 14.6 Å². The van der Waals surface area contributed by atoms with Gasteiger partial charge in [-0.2, -0.15) is 0 Å². The van der Waals surface area contributed by atoms with E-state index >= 15 is 0 Å². The van der Waals surface area contributed by atoms with E-state index in [1.807, 2.05) is 54.0 Å². The number of benzene rings is 3. The topological polar surface area (TPSA) is 155 Å². The molecule has 42 heavy (non-hydrogen) atoms. The van der Waals surface area contributed by atoms with E-state index in [1.165, 1.54) is 0 Å². The zero-order chi connectivity index (χ0) is 29.9. The lowest BCUT2D eigenvalue weighted by Crippen LogP contribution is -2.68. The van der Waals surface area contributed by atoms with E-state index < -0.39 is 17.5 Å². The maximum absolute atomic E-state index is 13.8. The number of pyridine rings is 2. The van der Waals surface area contributed by atoms with Crippen LogP contribution in [0.3, 0.4) is 0 Å². The highest BCUT2D eigenvalue weighted by molar-refractivity contribution is 8.01. The molecule has 0 amide bonds. The zero-order valence-electron chi connectivity index (χ0n) is 22.5. The van der Waals surface area contributed by atoms with Gasteiger partial charge in [0, 0.05) is 18.8 Å². The van der Waals surface area contributed by atoms with E-state index in [0.717, 1.165) is 21.2 Å². The first-order valence-electron chi connectivity index (χ1n) is 12.9. The summed E-state index contributed by atoms with van der Waals surface area (Å²) >= 11 is 0. The monoisotopic (exact) mass is 600 g/mol. The molecule has 0 spiro atoms. The van der Waals surface area contributed by atoms with Crippen molar-refractivity contribution in [2.24, 2.45) is 0 Å². The molecule has 9 nitrogen and oxygen atoms in total. The molecule has 1 N–H and O–H groups in total. The van der Waals surface area contributed by atoms with E-state index in [0.29, 0.717) is 28.7 Å². The molecule has 0 aliphatic carbocycles. The Morgan fingerprint density at radius 1 is 0.762 bits per heavy atom. The van der Waals surface area contributed by atoms with Gasteiger partial charge in [0.1, 0.15) is 34.5 Å². The summed E-state index contributed by atoms with van der Waals surface area (Å²) in [6, 6.07) is 38.8. The Labute approximate surface area is 243 Å². The number of rotatable bonds is 5. The summed E-state index contributed by atoms with van der Waals surface area (Å²) in [5.74, 6) is 0. The zero-order valence-corrected chi connectivity index (χ0v) is 24.1. The lowest BCUT2D eigenvalue weighted by molar-refractivity contribution is -2.00. The van der Waals surface area contributed by atoms with Gasteiger partial charge in [-0.25, -0.2) is 23.6 Å². The van der Waals surface area contributed by atoms with Gasteiger partial charge in [0.15, 0.2) is 10.8 Å². The van der Waals surface area contributed by atoms with Crippen LogP contribution in [0.2, 0.25) is 0 Å². The van der Waals surface area contributed by atoms with Crippen molar-refractivity contribution in [1.82, 2.24) is 14.0 Å². The highest BCUT2D eigenvalue weighted by Gasteiger charge is 2.49. The van der Waals surface area contributed by atoms with Crippen molar-refractivity contribution in [3.8, 4) is 0 Å². The summed E-state index contributed by atoms with van der Waals surface area (Å²) in [5.41, 5.74) is 1.37. The quantitative estimate of drug-likeness (QED) is 0.198. The first-order valence-corrected chi connectivity index (χ1v) is 16.0. The second kappa shape index (κ2) is 12.0. The molecule has 0 radical (unpaired) electrons. The van der Waals surface area contributed by atoms with Crippen molar-refractivity contribution in [2.75, 3.05) is 0 Å². The minimum absolute atomic E-state index is 0.128. The Morgan fingerprint density at radius 3 is 1.67 bits per heavy atom. The summed E-state index contributed by atoms with van der Waals surface area (Å²) in [7, 11) is -7.50. The van der Waals surface area contributed by atoms with Crippen molar-refractivity contribution < 1.29 is 28.9 Å². The molecule has 212 valence electrons. The highest BCUT2D eigenvalue weighted by Crippen LogP contribution is 2.53. The largest absolute Gasteiger partial charge is 0.308 e. The van der Waals surface area contributed by atoms with Crippen molar-refractivity contribution in [2.45, 2.75) is 13.5 Å². The molecular weight excluding hydrogens is 575 g/mol. The van der Waals surface area contributed by atoms with E-state index in [4.69, 9.17) is 23.6 Å². The molecule has 0 bridgehead atoms. The van der Waals surface area contributed by atoms with Crippen molar-refractivity contribution >= 4 is 45.2 Å². The number of nitrogens with one attached hydrogen (secondary N) is 1. The molecular formula is C31H26ClN4O5P. The molecule has 6 aromatic rings. The third-order valence-electron chi connectivity index (χ3n) is 6.91.